The van der Waals surface area contributed by atoms with Crippen LogP contribution < -0.4 is 5.32 Å². The van der Waals surface area contributed by atoms with E-state index in [0.717, 1.165) is 0 Å². The van der Waals surface area contributed by atoms with E-state index in [-0.39, 0.29) is 17.5 Å². The van der Waals surface area contributed by atoms with Crippen LogP contribution in [0.5, 0.6) is 0 Å². The van der Waals surface area contributed by atoms with E-state index in [1.165, 1.54) is 5.32 Å². The lowest BCUT2D eigenvalue weighted by molar-refractivity contribution is -0.140. The molecule has 0 aliphatic carbocycles. The van der Waals surface area contributed by atoms with Gasteiger partial charge in [0.25, 0.3) is 0 Å². The topological polar surface area (TPSA) is 46.2 Å². The highest BCUT2D eigenvalue weighted by Crippen LogP contribution is 2.31. The Bertz CT molecular complexity index is 194. The van der Waals surface area contributed by atoms with Crippen molar-refractivity contribution in [2.75, 3.05) is 5.75 Å². The van der Waals surface area contributed by atoms with E-state index in [9.17, 15) is 18.4 Å². The van der Waals surface area contributed by atoms with Crippen LogP contribution in [0.25, 0.3) is 0 Å². The summed E-state index contributed by atoms with van der Waals surface area (Å²) >= 11 is 0.0417. The molecule has 3 nitrogen and oxygen atoms in total. The Morgan fingerprint density at radius 1 is 1.50 bits per heavy atom. The second-order valence-electron chi connectivity index (χ2n) is 1.68. The zero-order chi connectivity index (χ0) is 7.78. The monoisotopic (exact) mass is 167 g/mol. The van der Waals surface area contributed by atoms with Crippen molar-refractivity contribution in [3.05, 3.63) is 0 Å². The second-order valence-corrected chi connectivity index (χ2v) is 2.77. The molecule has 1 fully saturated rings. The van der Waals surface area contributed by atoms with Gasteiger partial charge >= 0.3 is 11.2 Å². The zero-order valence-corrected chi connectivity index (χ0v) is 5.50. The summed E-state index contributed by atoms with van der Waals surface area (Å²) in [6.45, 7) is 0. The first kappa shape index (κ1) is 7.46. The number of halogens is 2. The second kappa shape index (κ2) is 2.19. The highest BCUT2D eigenvalue weighted by Gasteiger charge is 2.44. The Labute approximate surface area is 59.2 Å². The molecule has 6 heteroatoms. The number of imide groups is 1. The minimum absolute atomic E-state index is 0.0417. The number of hydrogen-bond acceptors (Lipinski definition) is 3. The summed E-state index contributed by atoms with van der Waals surface area (Å²) in [6.07, 6.45) is 0. The first-order chi connectivity index (χ1) is 4.52. The van der Waals surface area contributed by atoms with E-state index in [4.69, 9.17) is 0 Å². The van der Waals surface area contributed by atoms with E-state index < -0.39 is 17.1 Å². The Morgan fingerprint density at radius 2 is 2.10 bits per heavy atom. The molecule has 1 aliphatic rings. The van der Waals surface area contributed by atoms with Crippen molar-refractivity contribution >= 4 is 23.6 Å². The summed E-state index contributed by atoms with van der Waals surface area (Å²) in [6, 6.07) is 0. The number of rotatable bonds is 0. The molecule has 0 aromatic rings. The minimum Gasteiger partial charge on any atom is -0.290 e. The summed E-state index contributed by atoms with van der Waals surface area (Å²) < 4.78 is 24.3. The molecule has 1 heterocycles. The van der Waals surface area contributed by atoms with E-state index in [2.05, 4.69) is 0 Å². The molecule has 0 spiro atoms. The van der Waals surface area contributed by atoms with Crippen molar-refractivity contribution in [2.45, 2.75) is 5.25 Å². The third-order valence-corrected chi connectivity index (χ3v) is 1.86. The van der Waals surface area contributed by atoms with Crippen LogP contribution in [0.4, 0.5) is 8.78 Å². The lowest BCUT2D eigenvalue weighted by atomic mass is 10.5. The predicted molar refractivity (Wildman–Crippen MR) is 30.6 cm³/mol. The van der Waals surface area contributed by atoms with E-state index in [1.807, 2.05) is 0 Å². The quantitative estimate of drug-likeness (QED) is 0.515. The normalized spacial score (nSPS) is 24.2. The Morgan fingerprint density at radius 3 is 2.50 bits per heavy atom. The number of nitrogens with one attached hydrogen (secondary N) is 1. The lowest BCUT2D eigenvalue weighted by Crippen LogP contribution is -2.47. The van der Waals surface area contributed by atoms with Crippen molar-refractivity contribution in [2.24, 2.45) is 0 Å². The van der Waals surface area contributed by atoms with Crippen LogP contribution in [0, 0.1) is 0 Å². The molecule has 0 aromatic heterocycles. The predicted octanol–water partition coefficient (Wildman–Crippen LogP) is -0.0312. The van der Waals surface area contributed by atoms with Gasteiger partial charge in [-0.1, -0.05) is 11.8 Å². The van der Waals surface area contributed by atoms with Crippen LogP contribution in [0.3, 0.4) is 0 Å². The van der Waals surface area contributed by atoms with Crippen molar-refractivity contribution in [1.82, 2.24) is 5.32 Å². The van der Waals surface area contributed by atoms with Gasteiger partial charge in [0.1, 0.15) is 0 Å². The first-order valence-corrected chi connectivity index (χ1v) is 3.37. The van der Waals surface area contributed by atoms with Crippen LogP contribution in [0.1, 0.15) is 0 Å². The molecule has 2 amide bonds. The maximum absolute atomic E-state index is 12.2. The summed E-state index contributed by atoms with van der Waals surface area (Å²) in [5.41, 5.74) is 0. The van der Waals surface area contributed by atoms with Crippen LogP contribution in [0.15, 0.2) is 0 Å². The van der Waals surface area contributed by atoms with Gasteiger partial charge < -0.3 is 0 Å². The van der Waals surface area contributed by atoms with Crippen molar-refractivity contribution in [3.8, 4) is 0 Å². The molecule has 1 N–H and O–H groups in total. The van der Waals surface area contributed by atoms with Gasteiger partial charge in [0.2, 0.25) is 5.91 Å². The van der Waals surface area contributed by atoms with Gasteiger partial charge in [0, 0.05) is 0 Å². The fraction of sp³-hybridized carbons (Fsp3) is 0.500. The third kappa shape index (κ3) is 1.26. The molecular formula is C4H3F2NO2S. The largest absolute Gasteiger partial charge is 0.371 e. The molecule has 0 aromatic carbocycles. The van der Waals surface area contributed by atoms with Crippen molar-refractivity contribution in [1.29, 1.82) is 0 Å². The molecule has 56 valence electrons. The zero-order valence-electron chi connectivity index (χ0n) is 4.69. The van der Waals surface area contributed by atoms with Crippen LogP contribution in [-0.4, -0.2) is 22.8 Å². The fourth-order valence-electron chi connectivity index (χ4n) is 0.457. The van der Waals surface area contributed by atoms with E-state index in [0.29, 0.717) is 0 Å². The van der Waals surface area contributed by atoms with Gasteiger partial charge in [-0.25, -0.2) is 0 Å². The first-order valence-electron chi connectivity index (χ1n) is 2.38. The summed E-state index contributed by atoms with van der Waals surface area (Å²) in [4.78, 5) is 20.5. The smallest absolute Gasteiger partial charge is 0.290 e. The maximum Gasteiger partial charge on any atom is 0.371 e. The van der Waals surface area contributed by atoms with Gasteiger partial charge in [-0.05, 0) is 0 Å². The molecule has 0 saturated carbocycles. The van der Waals surface area contributed by atoms with Crippen molar-refractivity contribution in [3.63, 3.8) is 0 Å². The SMILES string of the molecule is O=C1CSC(F)(F)C(=O)N1. The van der Waals surface area contributed by atoms with Gasteiger partial charge in [-0.2, -0.15) is 8.78 Å². The van der Waals surface area contributed by atoms with Crippen LogP contribution in [-0.2, 0) is 9.59 Å². The molecule has 0 bridgehead atoms. The minimum atomic E-state index is -3.44. The van der Waals surface area contributed by atoms with Gasteiger partial charge in [0.05, 0.1) is 5.75 Å². The van der Waals surface area contributed by atoms with E-state index in [1.54, 1.807) is 0 Å². The standard InChI is InChI=1S/C4H3F2NO2S/c5-4(6)3(9)7-2(8)1-10-4/h1H2,(H,7,8,9). The molecule has 0 atom stereocenters. The molecule has 1 aliphatic heterocycles. The highest BCUT2D eigenvalue weighted by atomic mass is 32.2. The number of thioether (sulfide) groups is 1. The number of amides is 2. The molecule has 0 unspecified atom stereocenters. The Kier molecular flexibility index (Phi) is 1.63. The Hall–Kier alpha value is -0.650. The number of hydrogen-bond donors (Lipinski definition) is 1. The average molecular weight is 167 g/mol. The van der Waals surface area contributed by atoms with Crippen molar-refractivity contribution < 1.29 is 18.4 Å². The Balaban J connectivity index is 2.70. The molecule has 0 radical (unpaired) electrons. The summed E-state index contributed by atoms with van der Waals surface area (Å²) in [5, 5.41) is -1.92. The summed E-state index contributed by atoms with van der Waals surface area (Å²) in [7, 11) is 0. The van der Waals surface area contributed by atoms with E-state index >= 15 is 0 Å². The van der Waals surface area contributed by atoms with Gasteiger partial charge in [0.15, 0.2) is 0 Å². The molecule has 10 heavy (non-hydrogen) atoms. The molecule has 1 saturated heterocycles. The third-order valence-electron chi connectivity index (χ3n) is 0.902. The van der Waals surface area contributed by atoms with Gasteiger partial charge in [-0.15, -0.1) is 0 Å². The summed E-state index contributed by atoms with van der Waals surface area (Å²) in [5.74, 6) is -2.55. The highest BCUT2D eigenvalue weighted by molar-refractivity contribution is 8.01. The molecule has 1 rings (SSSR count). The lowest BCUT2D eigenvalue weighted by Gasteiger charge is -2.18. The van der Waals surface area contributed by atoms with Gasteiger partial charge in [-0.3, -0.25) is 14.9 Å². The average Bonchev–Trinajstić information content (AvgIpc) is 1.81. The number of carbonyl (C=O) groups excluding carboxylic acids is 2. The number of carbonyl (C=O) groups is 2. The van der Waals surface area contributed by atoms with Crippen LogP contribution in [0.2, 0.25) is 0 Å². The number of alkyl halides is 2. The molecular weight excluding hydrogens is 164 g/mol. The fourth-order valence-corrected chi connectivity index (χ4v) is 1.02. The maximum atomic E-state index is 12.2. The van der Waals surface area contributed by atoms with Crippen LogP contribution >= 0.6 is 11.8 Å².